The van der Waals surface area contributed by atoms with E-state index in [1.807, 2.05) is 0 Å². The van der Waals surface area contributed by atoms with Crippen molar-refractivity contribution < 1.29 is 9.47 Å². The van der Waals surface area contributed by atoms with Gasteiger partial charge >= 0.3 is 0 Å². The van der Waals surface area contributed by atoms with Gasteiger partial charge < -0.3 is 9.47 Å². The smallest absolute Gasteiger partial charge is 0.0623 e. The third kappa shape index (κ3) is 5.82. The first-order chi connectivity index (χ1) is 8.07. The Hall–Kier alpha value is -0.160. The number of hydrogen-bond donors (Lipinski definition) is 2. The fourth-order valence-corrected chi connectivity index (χ4v) is 2.20. The molecule has 1 aliphatic rings. The van der Waals surface area contributed by atoms with E-state index in [9.17, 15) is 0 Å². The van der Waals surface area contributed by atoms with Crippen molar-refractivity contribution in [2.75, 3.05) is 13.7 Å². The molecule has 0 saturated carbocycles. The van der Waals surface area contributed by atoms with Gasteiger partial charge in [0.2, 0.25) is 0 Å². The number of hydrogen-bond acceptors (Lipinski definition) is 4. The minimum atomic E-state index is -0.0669. The number of ether oxygens (including phenoxy) is 2. The van der Waals surface area contributed by atoms with Crippen molar-refractivity contribution >= 4 is 0 Å². The summed E-state index contributed by atoms with van der Waals surface area (Å²) in [5.41, 5.74) is 2.84. The van der Waals surface area contributed by atoms with Gasteiger partial charge in [0.25, 0.3) is 0 Å². The van der Waals surface area contributed by atoms with Crippen molar-refractivity contribution in [2.24, 2.45) is 5.84 Å². The van der Waals surface area contributed by atoms with Crippen LogP contribution in [-0.2, 0) is 9.47 Å². The SMILES string of the molecule is COC(C)(C)CCC(CC1CCCCO1)NN. The Morgan fingerprint density at radius 2 is 2.24 bits per heavy atom. The lowest BCUT2D eigenvalue weighted by Gasteiger charge is -2.29. The summed E-state index contributed by atoms with van der Waals surface area (Å²) in [6.07, 6.45) is 7.08. The fourth-order valence-electron chi connectivity index (χ4n) is 2.20. The van der Waals surface area contributed by atoms with E-state index in [-0.39, 0.29) is 5.60 Å². The van der Waals surface area contributed by atoms with Gasteiger partial charge in [-0.2, -0.15) is 0 Å². The average molecular weight is 244 g/mol. The zero-order valence-corrected chi connectivity index (χ0v) is 11.5. The van der Waals surface area contributed by atoms with Crippen molar-refractivity contribution in [2.45, 2.75) is 70.1 Å². The van der Waals surface area contributed by atoms with Crippen molar-refractivity contribution in [3.8, 4) is 0 Å². The van der Waals surface area contributed by atoms with Crippen LogP contribution in [-0.4, -0.2) is 31.5 Å². The highest BCUT2D eigenvalue weighted by Gasteiger charge is 2.22. The molecule has 4 heteroatoms. The maximum Gasteiger partial charge on any atom is 0.0623 e. The summed E-state index contributed by atoms with van der Waals surface area (Å²) in [5.74, 6) is 5.61. The Morgan fingerprint density at radius 3 is 2.76 bits per heavy atom. The summed E-state index contributed by atoms with van der Waals surface area (Å²) >= 11 is 0. The molecule has 1 heterocycles. The normalized spacial score (nSPS) is 23.6. The van der Waals surface area contributed by atoms with Crippen LogP contribution in [0.5, 0.6) is 0 Å². The third-order valence-corrected chi connectivity index (χ3v) is 3.70. The Balaban J connectivity index is 2.27. The Labute approximate surface area is 105 Å². The van der Waals surface area contributed by atoms with Gasteiger partial charge in [-0.1, -0.05) is 0 Å². The molecule has 2 atom stereocenters. The van der Waals surface area contributed by atoms with Crippen LogP contribution in [0, 0.1) is 0 Å². The number of nitrogens with one attached hydrogen (secondary N) is 1. The summed E-state index contributed by atoms with van der Waals surface area (Å²) in [6, 6.07) is 0.326. The maximum absolute atomic E-state index is 5.74. The molecule has 1 aliphatic heterocycles. The van der Waals surface area contributed by atoms with Gasteiger partial charge in [-0.15, -0.1) is 0 Å². The molecule has 17 heavy (non-hydrogen) atoms. The maximum atomic E-state index is 5.74. The van der Waals surface area contributed by atoms with Gasteiger partial charge in [-0.3, -0.25) is 11.3 Å². The fraction of sp³-hybridized carbons (Fsp3) is 1.00. The van der Waals surface area contributed by atoms with E-state index in [2.05, 4.69) is 19.3 Å². The van der Waals surface area contributed by atoms with Crippen LogP contribution < -0.4 is 11.3 Å². The van der Waals surface area contributed by atoms with Crippen LogP contribution >= 0.6 is 0 Å². The summed E-state index contributed by atoms with van der Waals surface area (Å²) in [5, 5.41) is 0. The molecule has 1 fully saturated rings. The highest BCUT2D eigenvalue weighted by atomic mass is 16.5. The Bertz CT molecular complexity index is 204. The number of methoxy groups -OCH3 is 1. The molecule has 0 aromatic carbocycles. The molecule has 0 bridgehead atoms. The van der Waals surface area contributed by atoms with Gasteiger partial charge in [0, 0.05) is 19.8 Å². The van der Waals surface area contributed by atoms with Crippen molar-refractivity contribution in [1.29, 1.82) is 0 Å². The second-order valence-electron chi connectivity index (χ2n) is 5.59. The van der Waals surface area contributed by atoms with E-state index in [1.54, 1.807) is 7.11 Å². The van der Waals surface area contributed by atoms with Gasteiger partial charge in [0.1, 0.15) is 0 Å². The molecule has 0 spiro atoms. The summed E-state index contributed by atoms with van der Waals surface area (Å²) in [6.45, 7) is 5.13. The second-order valence-corrected chi connectivity index (χ2v) is 5.59. The second kappa shape index (κ2) is 7.31. The predicted molar refractivity (Wildman–Crippen MR) is 69.6 cm³/mol. The van der Waals surface area contributed by atoms with Gasteiger partial charge in [-0.25, -0.2) is 0 Å². The molecule has 1 rings (SSSR count). The zero-order valence-electron chi connectivity index (χ0n) is 11.5. The lowest BCUT2D eigenvalue weighted by atomic mass is 9.94. The van der Waals surface area contributed by atoms with Crippen molar-refractivity contribution in [3.63, 3.8) is 0 Å². The third-order valence-electron chi connectivity index (χ3n) is 3.70. The minimum Gasteiger partial charge on any atom is -0.379 e. The molecule has 3 N–H and O–H groups in total. The van der Waals surface area contributed by atoms with E-state index < -0.39 is 0 Å². The van der Waals surface area contributed by atoms with Crippen LogP contribution in [0.2, 0.25) is 0 Å². The van der Waals surface area contributed by atoms with Crippen LogP contribution in [0.25, 0.3) is 0 Å². The molecule has 0 radical (unpaired) electrons. The first-order valence-electron chi connectivity index (χ1n) is 6.70. The van der Waals surface area contributed by atoms with Gasteiger partial charge in [0.05, 0.1) is 11.7 Å². The predicted octanol–water partition coefficient (Wildman–Crippen LogP) is 1.98. The summed E-state index contributed by atoms with van der Waals surface area (Å²) < 4.78 is 11.2. The minimum absolute atomic E-state index is 0.0669. The standard InChI is InChI=1S/C13H28N2O2/c1-13(2,16-3)8-7-11(15-14)10-12-6-4-5-9-17-12/h11-12,15H,4-10,14H2,1-3H3. The number of hydrazine groups is 1. The highest BCUT2D eigenvalue weighted by molar-refractivity contribution is 4.77. The van der Waals surface area contributed by atoms with Crippen LogP contribution in [0.3, 0.4) is 0 Å². The molecule has 1 saturated heterocycles. The molecule has 102 valence electrons. The van der Waals surface area contributed by atoms with Crippen LogP contribution in [0.4, 0.5) is 0 Å². The van der Waals surface area contributed by atoms with E-state index >= 15 is 0 Å². The Kier molecular flexibility index (Phi) is 6.41. The quantitative estimate of drug-likeness (QED) is 0.531. The molecule has 0 amide bonds. The zero-order chi connectivity index (χ0) is 12.7. The number of nitrogens with two attached hydrogens (primary N) is 1. The lowest BCUT2D eigenvalue weighted by molar-refractivity contribution is -0.00494. The van der Waals surface area contributed by atoms with Crippen molar-refractivity contribution in [1.82, 2.24) is 5.43 Å². The lowest BCUT2D eigenvalue weighted by Crippen LogP contribution is -2.40. The van der Waals surface area contributed by atoms with Crippen molar-refractivity contribution in [3.05, 3.63) is 0 Å². The van der Waals surface area contributed by atoms with Gasteiger partial charge in [0.15, 0.2) is 0 Å². The summed E-state index contributed by atoms with van der Waals surface area (Å²) in [7, 11) is 1.76. The first-order valence-corrected chi connectivity index (χ1v) is 6.70. The molecule has 0 aromatic heterocycles. The Morgan fingerprint density at radius 1 is 1.47 bits per heavy atom. The van der Waals surface area contributed by atoms with E-state index in [1.165, 1.54) is 19.3 Å². The molecular formula is C13H28N2O2. The molecule has 0 aromatic rings. The van der Waals surface area contributed by atoms with Gasteiger partial charge in [-0.05, 0) is 52.4 Å². The largest absolute Gasteiger partial charge is 0.379 e. The molecule has 0 aliphatic carbocycles. The van der Waals surface area contributed by atoms with E-state index in [0.717, 1.165) is 25.9 Å². The highest BCUT2D eigenvalue weighted by Crippen LogP contribution is 2.21. The molecule has 2 unspecified atom stereocenters. The molecular weight excluding hydrogens is 216 g/mol. The first kappa shape index (κ1) is 14.9. The summed E-state index contributed by atoms with van der Waals surface area (Å²) in [4.78, 5) is 0. The number of rotatable bonds is 7. The monoisotopic (exact) mass is 244 g/mol. The molecule has 4 nitrogen and oxygen atoms in total. The average Bonchev–Trinajstić information content (AvgIpc) is 2.35. The topological polar surface area (TPSA) is 56.5 Å². The van der Waals surface area contributed by atoms with Crippen LogP contribution in [0.15, 0.2) is 0 Å². The van der Waals surface area contributed by atoms with E-state index in [0.29, 0.717) is 12.1 Å². The van der Waals surface area contributed by atoms with E-state index in [4.69, 9.17) is 15.3 Å². The van der Waals surface area contributed by atoms with Crippen LogP contribution in [0.1, 0.15) is 52.4 Å².